The van der Waals surface area contributed by atoms with Crippen molar-refractivity contribution in [3.63, 3.8) is 0 Å². The van der Waals surface area contributed by atoms with Crippen LogP contribution < -0.4 is 10.2 Å². The lowest BCUT2D eigenvalue weighted by Crippen LogP contribution is -2.40. The first-order chi connectivity index (χ1) is 19.4. The molecule has 2 aliphatic heterocycles. The quantitative estimate of drug-likeness (QED) is 0.247. The molecule has 1 N–H and O–H groups in total. The predicted octanol–water partition coefficient (Wildman–Crippen LogP) is 6.77. The molecule has 5 rings (SSSR count). The number of nitrogens with zero attached hydrogens (tertiary/aromatic N) is 2. The van der Waals surface area contributed by atoms with E-state index in [2.05, 4.69) is 55.3 Å². The van der Waals surface area contributed by atoms with Gasteiger partial charge in [0, 0.05) is 30.1 Å². The minimum absolute atomic E-state index is 0.00970. The van der Waals surface area contributed by atoms with Crippen LogP contribution in [0.2, 0.25) is 0 Å². The molecule has 3 aromatic carbocycles. The number of fused-ring (bicyclic) bond motifs is 1. The second-order valence-corrected chi connectivity index (χ2v) is 12.5. The molecule has 40 heavy (non-hydrogen) atoms. The summed E-state index contributed by atoms with van der Waals surface area (Å²) in [6.07, 6.45) is 4.19. The lowest BCUT2D eigenvalue weighted by Gasteiger charge is -2.34. The van der Waals surface area contributed by atoms with Gasteiger partial charge in [0.15, 0.2) is 0 Å². The number of likely N-dealkylation sites (tertiary alicyclic amines) is 1. The lowest BCUT2D eigenvalue weighted by molar-refractivity contribution is -0.114. The fraction of sp³-hybridized carbons (Fsp3) is 0.353. The van der Waals surface area contributed by atoms with Crippen molar-refractivity contribution in [3.05, 3.63) is 100.0 Å². The molecular weight excluding hydrogens is 514 g/mol. The van der Waals surface area contributed by atoms with Gasteiger partial charge in [-0.05, 0) is 79.6 Å². The molecule has 0 aromatic heterocycles. The molecule has 208 valence electrons. The fourth-order valence-electron chi connectivity index (χ4n) is 5.88. The number of benzene rings is 3. The van der Waals surface area contributed by atoms with Crippen LogP contribution in [-0.4, -0.2) is 42.9 Å². The summed E-state index contributed by atoms with van der Waals surface area (Å²) in [6.45, 7) is 11.3. The van der Waals surface area contributed by atoms with Gasteiger partial charge in [-0.15, -0.1) is 0 Å². The smallest absolute Gasteiger partial charge is 0.265 e. The number of hydrogen-bond donors (Lipinski definition) is 1. The third-order valence-corrected chi connectivity index (χ3v) is 8.68. The van der Waals surface area contributed by atoms with Gasteiger partial charge in [-0.2, -0.15) is 0 Å². The molecule has 0 unspecified atom stereocenters. The Kier molecular flexibility index (Phi) is 9.08. The molecule has 5 nitrogen and oxygen atoms in total. The largest absolute Gasteiger partial charge is 0.352 e. The first kappa shape index (κ1) is 28.2. The molecule has 0 aliphatic carbocycles. The number of anilines is 1. The van der Waals surface area contributed by atoms with Crippen molar-refractivity contribution < 1.29 is 9.59 Å². The number of aryl methyl sites for hydroxylation is 1. The van der Waals surface area contributed by atoms with Crippen molar-refractivity contribution >= 4 is 35.3 Å². The van der Waals surface area contributed by atoms with Crippen molar-refractivity contribution in [2.24, 2.45) is 11.8 Å². The number of thioether (sulfide) groups is 1. The number of para-hydroxylation sites is 1. The van der Waals surface area contributed by atoms with E-state index in [1.807, 2.05) is 59.5 Å². The van der Waals surface area contributed by atoms with E-state index in [9.17, 15) is 9.59 Å². The Hall–Kier alpha value is -3.35. The first-order valence-corrected chi connectivity index (χ1v) is 15.1. The molecule has 2 aliphatic rings. The number of carbonyl (C=O) groups excluding carboxylic acids is 2. The van der Waals surface area contributed by atoms with E-state index in [4.69, 9.17) is 0 Å². The minimum atomic E-state index is -0.0547. The molecule has 1 fully saturated rings. The summed E-state index contributed by atoms with van der Waals surface area (Å²) in [5, 5.41) is 3.07. The van der Waals surface area contributed by atoms with Crippen LogP contribution in [0, 0.1) is 18.8 Å². The van der Waals surface area contributed by atoms with Gasteiger partial charge in [0.05, 0.1) is 17.1 Å². The molecule has 3 aromatic rings. The normalized spacial score (nSPS) is 20.4. The third kappa shape index (κ3) is 7.04. The van der Waals surface area contributed by atoms with Crippen LogP contribution in [0.15, 0.2) is 82.6 Å². The van der Waals surface area contributed by atoms with Gasteiger partial charge < -0.3 is 15.1 Å². The first-order valence-electron chi connectivity index (χ1n) is 14.3. The summed E-state index contributed by atoms with van der Waals surface area (Å²) in [5.74, 6) is 1.44. The Morgan fingerprint density at radius 2 is 1.75 bits per heavy atom. The van der Waals surface area contributed by atoms with E-state index < -0.39 is 0 Å². The van der Waals surface area contributed by atoms with Crippen molar-refractivity contribution in [2.75, 3.05) is 31.1 Å². The topological polar surface area (TPSA) is 52.7 Å². The summed E-state index contributed by atoms with van der Waals surface area (Å²) >= 11 is 1.50. The van der Waals surface area contributed by atoms with Gasteiger partial charge in [0.2, 0.25) is 0 Å². The number of piperidine rings is 1. The molecule has 1 saturated heterocycles. The second-order valence-electron chi connectivity index (χ2n) is 11.4. The Balaban J connectivity index is 1.21. The van der Waals surface area contributed by atoms with E-state index in [0.717, 1.165) is 59.6 Å². The molecular formula is C34H39N3O2S. The Bertz CT molecular complexity index is 1370. The molecule has 2 amide bonds. The molecule has 0 radical (unpaired) electrons. The maximum absolute atomic E-state index is 13.6. The summed E-state index contributed by atoms with van der Waals surface area (Å²) in [4.78, 5) is 32.5. The standard InChI is InChI=1S/C34H39N3O2S/c1-24-8-6-9-28(19-24)23-37-30-10-4-5-11-31(30)40-32(34(37)39)20-27-12-14-29(15-13-27)33(38)35-16-7-17-36-21-25(2)18-26(3)22-36/h4-6,8-15,19-20,25-26H,7,16-18,21-23H2,1-3H3,(H,35,38)/b32-20+/t25-,26+. The molecule has 0 bridgehead atoms. The van der Waals surface area contributed by atoms with Crippen LogP contribution in [0.1, 0.15) is 53.7 Å². The molecule has 0 saturated carbocycles. The Labute approximate surface area is 242 Å². The highest BCUT2D eigenvalue weighted by atomic mass is 32.2. The summed E-state index contributed by atoms with van der Waals surface area (Å²) in [7, 11) is 0. The highest BCUT2D eigenvalue weighted by molar-refractivity contribution is 8.04. The zero-order valence-electron chi connectivity index (χ0n) is 23.7. The molecule has 6 heteroatoms. The lowest BCUT2D eigenvalue weighted by atomic mass is 9.92. The SMILES string of the molecule is Cc1cccc(CN2C(=O)/C(=C\c3ccc(C(=O)NCCCN4C[C@H](C)C[C@H](C)C4)cc3)Sc3ccccc32)c1. The molecule has 0 spiro atoms. The van der Waals surface area contributed by atoms with Crippen LogP contribution in [0.3, 0.4) is 0 Å². The Morgan fingerprint density at radius 3 is 2.50 bits per heavy atom. The number of amides is 2. The maximum atomic E-state index is 13.6. The Morgan fingerprint density at radius 1 is 1.00 bits per heavy atom. The monoisotopic (exact) mass is 553 g/mol. The highest BCUT2D eigenvalue weighted by Gasteiger charge is 2.29. The van der Waals surface area contributed by atoms with Gasteiger partial charge >= 0.3 is 0 Å². The number of nitrogens with one attached hydrogen (secondary N) is 1. The average molecular weight is 554 g/mol. The highest BCUT2D eigenvalue weighted by Crippen LogP contribution is 2.42. The van der Waals surface area contributed by atoms with Crippen LogP contribution in [-0.2, 0) is 11.3 Å². The number of carbonyl (C=O) groups is 2. The average Bonchev–Trinajstić information content (AvgIpc) is 2.93. The maximum Gasteiger partial charge on any atom is 0.265 e. The van der Waals surface area contributed by atoms with Gasteiger partial charge in [-0.3, -0.25) is 9.59 Å². The van der Waals surface area contributed by atoms with Crippen LogP contribution in [0.5, 0.6) is 0 Å². The minimum Gasteiger partial charge on any atom is -0.352 e. The van der Waals surface area contributed by atoms with Crippen LogP contribution in [0.25, 0.3) is 6.08 Å². The van der Waals surface area contributed by atoms with Crippen molar-refractivity contribution in [2.45, 2.75) is 45.1 Å². The second kappa shape index (κ2) is 12.9. The van der Waals surface area contributed by atoms with E-state index >= 15 is 0 Å². The molecule has 2 atom stereocenters. The van der Waals surface area contributed by atoms with Gasteiger partial charge in [-0.25, -0.2) is 0 Å². The predicted molar refractivity (Wildman–Crippen MR) is 165 cm³/mol. The third-order valence-electron chi connectivity index (χ3n) is 7.61. The van der Waals surface area contributed by atoms with E-state index in [1.165, 1.54) is 23.7 Å². The summed E-state index contributed by atoms with van der Waals surface area (Å²) in [6, 6.07) is 23.8. The van der Waals surface area contributed by atoms with E-state index in [0.29, 0.717) is 23.6 Å². The van der Waals surface area contributed by atoms with Crippen molar-refractivity contribution in [1.82, 2.24) is 10.2 Å². The fourth-order valence-corrected chi connectivity index (χ4v) is 6.93. The van der Waals surface area contributed by atoms with E-state index in [1.54, 1.807) is 0 Å². The van der Waals surface area contributed by atoms with Gasteiger partial charge in [0.1, 0.15) is 0 Å². The number of rotatable bonds is 8. The zero-order valence-corrected chi connectivity index (χ0v) is 24.5. The molecule has 2 heterocycles. The number of hydrogen-bond acceptors (Lipinski definition) is 4. The van der Waals surface area contributed by atoms with Crippen molar-refractivity contribution in [1.29, 1.82) is 0 Å². The van der Waals surface area contributed by atoms with Crippen molar-refractivity contribution in [3.8, 4) is 0 Å². The van der Waals surface area contributed by atoms with Crippen LogP contribution >= 0.6 is 11.8 Å². The van der Waals surface area contributed by atoms with Gasteiger partial charge in [0.25, 0.3) is 11.8 Å². The summed E-state index contributed by atoms with van der Waals surface area (Å²) < 4.78 is 0. The van der Waals surface area contributed by atoms with Gasteiger partial charge in [-0.1, -0.05) is 79.7 Å². The summed E-state index contributed by atoms with van der Waals surface area (Å²) in [5.41, 5.74) is 4.75. The zero-order chi connectivity index (χ0) is 28.1. The van der Waals surface area contributed by atoms with Crippen LogP contribution in [0.4, 0.5) is 5.69 Å². The van der Waals surface area contributed by atoms with E-state index in [-0.39, 0.29) is 11.8 Å².